The third-order valence-electron chi connectivity index (χ3n) is 4.31. The van der Waals surface area contributed by atoms with Crippen molar-refractivity contribution in [2.45, 2.75) is 46.0 Å². The molecule has 1 N–H and O–H groups in total. The highest BCUT2D eigenvalue weighted by atomic mass is 16.3. The molecular formula is C14H23NO3. The first-order valence-electron chi connectivity index (χ1n) is 6.92. The van der Waals surface area contributed by atoms with Crippen molar-refractivity contribution in [3.05, 3.63) is 0 Å². The van der Waals surface area contributed by atoms with Gasteiger partial charge in [0.2, 0.25) is 11.8 Å². The number of carbonyl (C=O) groups excluding carboxylic acids is 2. The molecule has 1 saturated heterocycles. The van der Waals surface area contributed by atoms with Gasteiger partial charge in [-0.1, -0.05) is 26.7 Å². The Morgan fingerprint density at radius 3 is 2.11 bits per heavy atom. The number of fused-ring (bicyclic) bond motifs is 1. The lowest BCUT2D eigenvalue weighted by atomic mass is 9.81. The molecular weight excluding hydrogens is 230 g/mol. The third-order valence-corrected chi connectivity index (χ3v) is 4.31. The fourth-order valence-electron chi connectivity index (χ4n) is 3.20. The first-order chi connectivity index (χ1) is 8.46. The lowest BCUT2D eigenvalue weighted by Gasteiger charge is -2.28. The van der Waals surface area contributed by atoms with Crippen LogP contribution in [0.25, 0.3) is 0 Å². The van der Waals surface area contributed by atoms with Crippen molar-refractivity contribution in [2.75, 3.05) is 13.2 Å². The van der Waals surface area contributed by atoms with Crippen molar-refractivity contribution in [1.82, 2.24) is 4.90 Å². The molecule has 102 valence electrons. The number of rotatable bonds is 4. The normalized spacial score (nSPS) is 28.7. The quantitative estimate of drug-likeness (QED) is 0.774. The number of hydrogen-bond acceptors (Lipinski definition) is 3. The van der Waals surface area contributed by atoms with Gasteiger partial charge in [0.25, 0.3) is 0 Å². The first-order valence-corrected chi connectivity index (χ1v) is 6.92. The molecule has 2 amide bonds. The average molecular weight is 253 g/mol. The summed E-state index contributed by atoms with van der Waals surface area (Å²) in [6.45, 7) is 4.52. The molecule has 0 aromatic heterocycles. The molecule has 1 aliphatic heterocycles. The van der Waals surface area contributed by atoms with E-state index in [0.717, 1.165) is 25.7 Å². The van der Waals surface area contributed by atoms with Crippen molar-refractivity contribution < 1.29 is 14.7 Å². The molecule has 2 unspecified atom stereocenters. The van der Waals surface area contributed by atoms with Crippen LogP contribution in [0.1, 0.15) is 46.0 Å². The standard InChI is InChI=1S/C14H23NO3/c1-14(2,7-8-16)9-15-12(17)10-5-3-4-6-11(10)13(15)18/h10-11,16H,3-9H2,1-2H3. The summed E-state index contributed by atoms with van der Waals surface area (Å²) in [4.78, 5) is 26.0. The van der Waals surface area contributed by atoms with Crippen LogP contribution in [0.2, 0.25) is 0 Å². The van der Waals surface area contributed by atoms with Gasteiger partial charge in [0.15, 0.2) is 0 Å². The molecule has 1 heterocycles. The Labute approximate surface area is 108 Å². The molecule has 2 fully saturated rings. The second kappa shape index (κ2) is 5.00. The number of aliphatic hydroxyl groups excluding tert-OH is 1. The van der Waals surface area contributed by atoms with Crippen LogP contribution in [-0.2, 0) is 9.59 Å². The fourth-order valence-corrected chi connectivity index (χ4v) is 3.20. The smallest absolute Gasteiger partial charge is 0.233 e. The van der Waals surface area contributed by atoms with E-state index < -0.39 is 0 Å². The Bertz CT molecular complexity index is 327. The van der Waals surface area contributed by atoms with Crippen LogP contribution in [-0.4, -0.2) is 35.0 Å². The van der Waals surface area contributed by atoms with Crippen LogP contribution in [0.3, 0.4) is 0 Å². The van der Waals surface area contributed by atoms with Crippen molar-refractivity contribution in [3.8, 4) is 0 Å². The Morgan fingerprint density at radius 1 is 1.17 bits per heavy atom. The topological polar surface area (TPSA) is 57.6 Å². The molecule has 2 aliphatic rings. The zero-order valence-corrected chi connectivity index (χ0v) is 11.3. The average Bonchev–Trinajstić information content (AvgIpc) is 2.55. The van der Waals surface area contributed by atoms with Gasteiger partial charge in [0, 0.05) is 13.2 Å². The molecule has 1 aliphatic carbocycles. The van der Waals surface area contributed by atoms with Crippen LogP contribution in [0.15, 0.2) is 0 Å². The SMILES string of the molecule is CC(C)(CCO)CN1C(=O)C2CCCCC2C1=O. The van der Waals surface area contributed by atoms with E-state index >= 15 is 0 Å². The number of carbonyl (C=O) groups is 2. The van der Waals surface area contributed by atoms with Crippen molar-refractivity contribution in [1.29, 1.82) is 0 Å². The van der Waals surface area contributed by atoms with Gasteiger partial charge >= 0.3 is 0 Å². The van der Waals surface area contributed by atoms with Gasteiger partial charge < -0.3 is 5.11 Å². The molecule has 0 aromatic rings. The Kier molecular flexibility index (Phi) is 3.76. The van der Waals surface area contributed by atoms with Crippen LogP contribution in [0.4, 0.5) is 0 Å². The summed E-state index contributed by atoms with van der Waals surface area (Å²) < 4.78 is 0. The monoisotopic (exact) mass is 253 g/mol. The molecule has 0 bridgehead atoms. The zero-order chi connectivity index (χ0) is 13.3. The fraction of sp³-hybridized carbons (Fsp3) is 0.857. The summed E-state index contributed by atoms with van der Waals surface area (Å²) in [5.41, 5.74) is -0.201. The molecule has 18 heavy (non-hydrogen) atoms. The van der Waals surface area contributed by atoms with Crippen LogP contribution >= 0.6 is 0 Å². The third kappa shape index (κ3) is 2.44. The highest BCUT2D eigenvalue weighted by molar-refractivity contribution is 6.05. The van der Waals surface area contributed by atoms with Gasteiger partial charge in [-0.3, -0.25) is 14.5 Å². The Balaban J connectivity index is 2.09. The number of amides is 2. The van der Waals surface area contributed by atoms with Crippen LogP contribution < -0.4 is 0 Å². The Hall–Kier alpha value is -0.900. The second-order valence-electron chi connectivity index (χ2n) is 6.40. The summed E-state index contributed by atoms with van der Waals surface area (Å²) in [5, 5.41) is 9.03. The summed E-state index contributed by atoms with van der Waals surface area (Å²) in [6.07, 6.45) is 4.47. The maximum Gasteiger partial charge on any atom is 0.233 e. The highest BCUT2D eigenvalue weighted by Crippen LogP contribution is 2.39. The van der Waals surface area contributed by atoms with E-state index in [-0.39, 0.29) is 35.7 Å². The summed E-state index contributed by atoms with van der Waals surface area (Å²) in [7, 11) is 0. The number of nitrogens with zero attached hydrogens (tertiary/aromatic N) is 1. The van der Waals surface area contributed by atoms with Crippen LogP contribution in [0, 0.1) is 17.3 Å². The predicted octanol–water partition coefficient (Wildman–Crippen LogP) is 1.57. The molecule has 2 atom stereocenters. The second-order valence-corrected chi connectivity index (χ2v) is 6.40. The van der Waals surface area contributed by atoms with Gasteiger partial charge in [-0.15, -0.1) is 0 Å². The lowest BCUT2D eigenvalue weighted by molar-refractivity contribution is -0.141. The van der Waals surface area contributed by atoms with Crippen molar-refractivity contribution in [3.63, 3.8) is 0 Å². The van der Waals surface area contributed by atoms with Crippen LogP contribution in [0.5, 0.6) is 0 Å². The highest BCUT2D eigenvalue weighted by Gasteiger charge is 2.48. The molecule has 0 radical (unpaired) electrons. The maximum absolute atomic E-state index is 12.3. The first kappa shape index (κ1) is 13.5. The van der Waals surface area contributed by atoms with E-state index in [0.29, 0.717) is 13.0 Å². The lowest BCUT2D eigenvalue weighted by Crippen LogP contribution is -2.39. The number of likely N-dealkylation sites (tertiary alicyclic amines) is 1. The minimum atomic E-state index is -0.201. The van der Waals surface area contributed by atoms with Crippen molar-refractivity contribution in [2.24, 2.45) is 17.3 Å². The molecule has 4 nitrogen and oxygen atoms in total. The largest absolute Gasteiger partial charge is 0.396 e. The van der Waals surface area contributed by atoms with Gasteiger partial charge in [-0.2, -0.15) is 0 Å². The van der Waals surface area contributed by atoms with Gasteiger partial charge in [0.1, 0.15) is 0 Å². The van der Waals surface area contributed by atoms with E-state index in [9.17, 15) is 9.59 Å². The predicted molar refractivity (Wildman–Crippen MR) is 67.7 cm³/mol. The molecule has 0 aromatic carbocycles. The van der Waals surface area contributed by atoms with E-state index in [1.165, 1.54) is 4.90 Å². The molecule has 4 heteroatoms. The molecule has 0 spiro atoms. The molecule has 2 rings (SSSR count). The zero-order valence-electron chi connectivity index (χ0n) is 11.3. The number of aliphatic hydroxyl groups is 1. The minimum absolute atomic E-state index is 0.0238. The summed E-state index contributed by atoms with van der Waals surface area (Å²) in [5.74, 6) is -0.0706. The number of hydrogen-bond donors (Lipinski definition) is 1. The van der Waals surface area contributed by atoms with E-state index in [1.807, 2.05) is 13.8 Å². The summed E-state index contributed by atoms with van der Waals surface area (Å²) >= 11 is 0. The number of imide groups is 1. The Morgan fingerprint density at radius 2 is 1.67 bits per heavy atom. The van der Waals surface area contributed by atoms with Gasteiger partial charge in [0.05, 0.1) is 11.8 Å². The summed E-state index contributed by atoms with van der Waals surface area (Å²) in [6, 6.07) is 0. The maximum atomic E-state index is 12.3. The van der Waals surface area contributed by atoms with E-state index in [2.05, 4.69) is 0 Å². The van der Waals surface area contributed by atoms with E-state index in [4.69, 9.17) is 5.11 Å². The van der Waals surface area contributed by atoms with E-state index in [1.54, 1.807) is 0 Å². The van der Waals surface area contributed by atoms with Crippen molar-refractivity contribution >= 4 is 11.8 Å². The minimum Gasteiger partial charge on any atom is -0.396 e. The van der Waals surface area contributed by atoms with Gasteiger partial charge in [-0.05, 0) is 24.7 Å². The molecule has 1 saturated carbocycles. The van der Waals surface area contributed by atoms with Gasteiger partial charge in [-0.25, -0.2) is 0 Å².